The number of carbonyl (C=O) groups excluding carboxylic acids is 1. The van der Waals surface area contributed by atoms with Crippen LogP contribution in [0.15, 0.2) is 43.2 Å². The van der Waals surface area contributed by atoms with Gasteiger partial charge in [-0.05, 0) is 24.6 Å². The van der Waals surface area contributed by atoms with Gasteiger partial charge in [0.25, 0.3) is 5.91 Å². The summed E-state index contributed by atoms with van der Waals surface area (Å²) in [5.74, 6) is -0.141. The third-order valence-electron chi connectivity index (χ3n) is 2.69. The van der Waals surface area contributed by atoms with E-state index in [2.05, 4.69) is 25.6 Å². The number of aromatic nitrogens is 3. The SMILES string of the molecule is O=C(NCCCNCc1cccnc1)c1cncnc1. The molecule has 2 heterocycles. The standard InChI is InChI=1S/C14H17N5O/c20-14(13-9-17-11-18-10-13)19-6-2-5-16-8-12-3-1-4-15-7-12/h1,3-4,7,9-11,16H,2,5-6,8H2,(H,19,20). The smallest absolute Gasteiger partial charge is 0.254 e. The number of rotatable bonds is 7. The van der Waals surface area contributed by atoms with Gasteiger partial charge in [0.15, 0.2) is 0 Å². The van der Waals surface area contributed by atoms with Crippen LogP contribution in [0.25, 0.3) is 0 Å². The maximum atomic E-state index is 11.7. The molecule has 0 bridgehead atoms. The zero-order chi connectivity index (χ0) is 14.0. The zero-order valence-electron chi connectivity index (χ0n) is 11.1. The minimum absolute atomic E-state index is 0.141. The lowest BCUT2D eigenvalue weighted by molar-refractivity contribution is 0.0952. The Labute approximate surface area is 117 Å². The van der Waals surface area contributed by atoms with E-state index < -0.39 is 0 Å². The van der Waals surface area contributed by atoms with Gasteiger partial charge in [-0.3, -0.25) is 9.78 Å². The van der Waals surface area contributed by atoms with Crippen molar-refractivity contribution in [2.24, 2.45) is 0 Å². The van der Waals surface area contributed by atoms with E-state index in [-0.39, 0.29) is 5.91 Å². The van der Waals surface area contributed by atoms with Crippen LogP contribution in [0, 0.1) is 0 Å². The van der Waals surface area contributed by atoms with Crippen LogP contribution >= 0.6 is 0 Å². The van der Waals surface area contributed by atoms with E-state index in [1.54, 1.807) is 6.20 Å². The monoisotopic (exact) mass is 271 g/mol. The van der Waals surface area contributed by atoms with Gasteiger partial charge in [0, 0.05) is 37.9 Å². The number of hydrogen-bond acceptors (Lipinski definition) is 5. The predicted octanol–water partition coefficient (Wildman–Crippen LogP) is 0.781. The largest absolute Gasteiger partial charge is 0.352 e. The summed E-state index contributed by atoms with van der Waals surface area (Å²) in [6.45, 7) is 2.24. The first kappa shape index (κ1) is 14.1. The fourth-order valence-electron chi connectivity index (χ4n) is 1.67. The van der Waals surface area contributed by atoms with E-state index in [4.69, 9.17) is 0 Å². The average molecular weight is 271 g/mol. The van der Waals surface area contributed by atoms with Gasteiger partial charge >= 0.3 is 0 Å². The van der Waals surface area contributed by atoms with Gasteiger partial charge in [-0.1, -0.05) is 6.07 Å². The zero-order valence-corrected chi connectivity index (χ0v) is 11.1. The van der Waals surface area contributed by atoms with Crippen LogP contribution in [0.4, 0.5) is 0 Å². The van der Waals surface area contributed by atoms with Gasteiger partial charge in [0.1, 0.15) is 6.33 Å². The van der Waals surface area contributed by atoms with Crippen molar-refractivity contribution in [3.63, 3.8) is 0 Å². The minimum Gasteiger partial charge on any atom is -0.352 e. The maximum absolute atomic E-state index is 11.7. The van der Waals surface area contributed by atoms with Crippen LogP contribution in [0.5, 0.6) is 0 Å². The lowest BCUT2D eigenvalue weighted by Gasteiger charge is -2.06. The van der Waals surface area contributed by atoms with Gasteiger partial charge < -0.3 is 10.6 Å². The molecule has 0 saturated heterocycles. The predicted molar refractivity (Wildman–Crippen MR) is 74.9 cm³/mol. The Balaban J connectivity index is 1.57. The minimum atomic E-state index is -0.141. The Morgan fingerprint density at radius 1 is 1.10 bits per heavy atom. The summed E-state index contributed by atoms with van der Waals surface area (Å²) in [4.78, 5) is 23.3. The Morgan fingerprint density at radius 3 is 2.70 bits per heavy atom. The van der Waals surface area contributed by atoms with Gasteiger partial charge in [-0.15, -0.1) is 0 Å². The second-order valence-corrected chi connectivity index (χ2v) is 4.27. The Kier molecular flexibility index (Phi) is 5.60. The molecule has 6 heteroatoms. The molecule has 6 nitrogen and oxygen atoms in total. The number of amides is 1. The highest BCUT2D eigenvalue weighted by Gasteiger charge is 2.03. The highest BCUT2D eigenvalue weighted by atomic mass is 16.1. The topological polar surface area (TPSA) is 79.8 Å². The summed E-state index contributed by atoms with van der Waals surface area (Å²) >= 11 is 0. The molecule has 0 aromatic carbocycles. The molecule has 0 unspecified atom stereocenters. The van der Waals surface area contributed by atoms with Crippen LogP contribution < -0.4 is 10.6 Å². The highest BCUT2D eigenvalue weighted by Crippen LogP contribution is 1.94. The lowest BCUT2D eigenvalue weighted by atomic mass is 10.3. The third kappa shape index (κ3) is 4.74. The molecule has 2 rings (SSSR count). The van der Waals surface area contributed by atoms with Crippen molar-refractivity contribution in [3.05, 3.63) is 54.4 Å². The quantitative estimate of drug-likeness (QED) is 0.727. The molecule has 20 heavy (non-hydrogen) atoms. The molecular formula is C14H17N5O. The second-order valence-electron chi connectivity index (χ2n) is 4.27. The molecule has 0 aliphatic heterocycles. The Hall–Kier alpha value is -2.34. The van der Waals surface area contributed by atoms with Crippen LogP contribution in [0.2, 0.25) is 0 Å². The molecular weight excluding hydrogens is 254 g/mol. The lowest BCUT2D eigenvalue weighted by Crippen LogP contribution is -2.27. The molecule has 1 amide bonds. The molecule has 0 radical (unpaired) electrons. The fraction of sp³-hybridized carbons (Fsp3) is 0.286. The molecule has 0 saturated carbocycles. The summed E-state index contributed by atoms with van der Waals surface area (Å²) in [5.41, 5.74) is 1.63. The summed E-state index contributed by atoms with van der Waals surface area (Å²) in [5, 5.41) is 6.13. The van der Waals surface area contributed by atoms with E-state index >= 15 is 0 Å². The molecule has 0 fully saturated rings. The van der Waals surface area contributed by atoms with E-state index in [9.17, 15) is 4.79 Å². The van der Waals surface area contributed by atoms with Gasteiger partial charge in [-0.25, -0.2) is 9.97 Å². The van der Waals surface area contributed by atoms with Crippen LogP contribution in [0.1, 0.15) is 22.3 Å². The first-order valence-corrected chi connectivity index (χ1v) is 6.49. The van der Waals surface area contributed by atoms with Gasteiger partial charge in [0.2, 0.25) is 0 Å². The molecule has 104 valence electrons. The van der Waals surface area contributed by atoms with Crippen molar-refractivity contribution in [2.45, 2.75) is 13.0 Å². The van der Waals surface area contributed by atoms with Crippen molar-refractivity contribution in [1.82, 2.24) is 25.6 Å². The number of nitrogens with one attached hydrogen (secondary N) is 2. The maximum Gasteiger partial charge on any atom is 0.254 e. The van der Waals surface area contributed by atoms with Crippen molar-refractivity contribution < 1.29 is 4.79 Å². The summed E-state index contributed by atoms with van der Waals surface area (Å²) < 4.78 is 0. The molecule has 0 aliphatic rings. The fourth-order valence-corrected chi connectivity index (χ4v) is 1.67. The summed E-state index contributed by atoms with van der Waals surface area (Å²) in [6.07, 6.45) is 8.86. The summed E-state index contributed by atoms with van der Waals surface area (Å²) in [7, 11) is 0. The first-order valence-electron chi connectivity index (χ1n) is 6.49. The Bertz CT molecular complexity index is 518. The molecule has 2 aromatic rings. The van der Waals surface area contributed by atoms with Crippen molar-refractivity contribution in [1.29, 1.82) is 0 Å². The van der Waals surface area contributed by atoms with E-state index in [1.807, 2.05) is 18.3 Å². The van der Waals surface area contributed by atoms with E-state index in [0.29, 0.717) is 12.1 Å². The number of carbonyl (C=O) groups is 1. The number of nitrogens with zero attached hydrogens (tertiary/aromatic N) is 3. The average Bonchev–Trinajstić information content (AvgIpc) is 2.52. The van der Waals surface area contributed by atoms with Crippen molar-refractivity contribution in [3.8, 4) is 0 Å². The van der Waals surface area contributed by atoms with Crippen molar-refractivity contribution >= 4 is 5.91 Å². The molecule has 0 aliphatic carbocycles. The molecule has 0 spiro atoms. The van der Waals surface area contributed by atoms with Gasteiger partial charge in [0.05, 0.1) is 5.56 Å². The van der Waals surface area contributed by atoms with Crippen LogP contribution in [-0.4, -0.2) is 33.9 Å². The molecule has 0 atom stereocenters. The normalized spacial score (nSPS) is 10.2. The van der Waals surface area contributed by atoms with E-state index in [1.165, 1.54) is 18.7 Å². The molecule has 2 aromatic heterocycles. The second kappa shape index (κ2) is 7.96. The number of pyridine rings is 1. The molecule has 2 N–H and O–H groups in total. The van der Waals surface area contributed by atoms with Crippen molar-refractivity contribution in [2.75, 3.05) is 13.1 Å². The van der Waals surface area contributed by atoms with Crippen LogP contribution in [0.3, 0.4) is 0 Å². The van der Waals surface area contributed by atoms with Gasteiger partial charge in [-0.2, -0.15) is 0 Å². The third-order valence-corrected chi connectivity index (χ3v) is 2.69. The Morgan fingerprint density at radius 2 is 1.95 bits per heavy atom. The summed E-state index contributed by atoms with van der Waals surface area (Å²) in [6, 6.07) is 3.94. The van der Waals surface area contributed by atoms with Crippen LogP contribution in [-0.2, 0) is 6.54 Å². The first-order chi connectivity index (χ1) is 9.86. The highest BCUT2D eigenvalue weighted by molar-refractivity contribution is 5.93. The number of hydrogen-bond donors (Lipinski definition) is 2. The van der Waals surface area contributed by atoms with E-state index in [0.717, 1.165) is 25.1 Å².